The third-order valence-electron chi connectivity index (χ3n) is 5.52. The van der Waals surface area contributed by atoms with Crippen LogP contribution in [0.2, 0.25) is 0 Å². The first-order valence-corrected chi connectivity index (χ1v) is 13.7. The van der Waals surface area contributed by atoms with E-state index in [0.29, 0.717) is 24.4 Å². The molecule has 12 heteroatoms. The summed E-state index contributed by atoms with van der Waals surface area (Å²) >= 11 is 5.63. The summed E-state index contributed by atoms with van der Waals surface area (Å²) in [6.07, 6.45) is 8.37. The summed E-state index contributed by atoms with van der Waals surface area (Å²) in [5, 5.41) is 8.68. The van der Waals surface area contributed by atoms with Gasteiger partial charge in [0.1, 0.15) is 16.9 Å². The first-order chi connectivity index (χ1) is 16.5. The largest absolute Gasteiger partial charge is 0.375 e. The van der Waals surface area contributed by atoms with Gasteiger partial charge in [-0.15, -0.1) is 11.6 Å². The van der Waals surface area contributed by atoms with Crippen LogP contribution in [0.3, 0.4) is 0 Å². The van der Waals surface area contributed by atoms with Crippen LogP contribution in [0.4, 0.5) is 11.4 Å². The number of amides is 1. The van der Waals surface area contributed by atoms with Crippen LogP contribution in [-0.4, -0.2) is 85.8 Å². The normalized spacial score (nSPS) is 12.8. The Morgan fingerprint density at radius 3 is 2.51 bits per heavy atom. The van der Waals surface area contributed by atoms with Crippen molar-refractivity contribution in [1.29, 1.82) is 0 Å². The van der Waals surface area contributed by atoms with Crippen molar-refractivity contribution in [3.05, 3.63) is 18.5 Å². The van der Waals surface area contributed by atoms with Crippen molar-refractivity contribution >= 4 is 56.2 Å². The maximum absolute atomic E-state index is 12.4. The molecule has 0 radical (unpaired) electrons. The number of alkyl halides is 1. The number of sulfonamides is 1. The van der Waals surface area contributed by atoms with Crippen LogP contribution in [0, 0.1) is 0 Å². The molecular weight excluding hydrogens is 490 g/mol. The molecule has 0 aliphatic rings. The Morgan fingerprint density at radius 2 is 1.94 bits per heavy atom. The zero-order valence-electron chi connectivity index (χ0n) is 21.9. The van der Waals surface area contributed by atoms with E-state index in [0.717, 1.165) is 42.4 Å². The van der Waals surface area contributed by atoms with Crippen LogP contribution in [0.5, 0.6) is 0 Å². The third kappa shape index (κ3) is 8.97. The van der Waals surface area contributed by atoms with Gasteiger partial charge in [0.05, 0.1) is 23.3 Å². The minimum Gasteiger partial charge on any atom is -0.375 e. The Bertz CT molecular complexity index is 1060. The van der Waals surface area contributed by atoms with Crippen LogP contribution in [-0.2, 0) is 14.8 Å². The number of aromatic nitrogens is 2. The molecule has 2 aromatic rings. The van der Waals surface area contributed by atoms with Gasteiger partial charge in [-0.05, 0) is 26.3 Å². The Labute approximate surface area is 214 Å². The molecule has 0 saturated heterocycles. The highest BCUT2D eigenvalue weighted by Gasteiger charge is 2.28. The molecule has 0 aromatic carbocycles. The second-order valence-electron chi connectivity index (χ2n) is 8.50. The Morgan fingerprint density at radius 1 is 1.26 bits per heavy atom. The van der Waals surface area contributed by atoms with Crippen molar-refractivity contribution in [2.24, 2.45) is 5.10 Å². The standard InChI is InChI=1S/C13H28ClN3O2S.C10H12N4O/c1-6-7-8-9-10-17(5)20(18,19)13(3)12(2)15-16(4)11-14;1-14(2)9-7-3-4-11-10(7)12-5-8(9)13-6-15/h13H,6-11H2,1-5H3;3-6H,1-2H3,(H,11,12)(H,13,15)/b15-12-;. The van der Waals surface area contributed by atoms with Crippen molar-refractivity contribution < 1.29 is 13.2 Å². The number of unbranched alkanes of at least 4 members (excludes halogenated alkanes) is 3. The van der Waals surface area contributed by atoms with Crippen LogP contribution in [0.25, 0.3) is 11.0 Å². The van der Waals surface area contributed by atoms with Gasteiger partial charge >= 0.3 is 0 Å². The fourth-order valence-electron chi connectivity index (χ4n) is 3.40. The minimum atomic E-state index is -3.35. The first kappa shape index (κ1) is 30.7. The second kappa shape index (κ2) is 14.9. The molecule has 35 heavy (non-hydrogen) atoms. The molecule has 2 rings (SSSR count). The van der Waals surface area contributed by atoms with E-state index in [4.69, 9.17) is 11.6 Å². The Balaban J connectivity index is 0.000000362. The van der Waals surface area contributed by atoms with Crippen LogP contribution in [0.1, 0.15) is 46.5 Å². The highest BCUT2D eigenvalue weighted by atomic mass is 35.5. The molecule has 0 spiro atoms. The number of rotatable bonds is 13. The number of hydrazone groups is 1. The Kier molecular flexibility index (Phi) is 13.1. The lowest BCUT2D eigenvalue weighted by atomic mass is 10.2. The van der Waals surface area contributed by atoms with Gasteiger partial charge in [0.15, 0.2) is 0 Å². The lowest BCUT2D eigenvalue weighted by Crippen LogP contribution is -2.39. The van der Waals surface area contributed by atoms with Crippen molar-refractivity contribution in [1.82, 2.24) is 19.3 Å². The molecule has 10 nitrogen and oxygen atoms in total. The van der Waals surface area contributed by atoms with Gasteiger partial charge < -0.3 is 15.2 Å². The van der Waals surface area contributed by atoms with E-state index in [1.165, 1.54) is 9.31 Å². The average molecular weight is 530 g/mol. The summed E-state index contributed by atoms with van der Waals surface area (Å²) in [4.78, 5) is 19.6. The van der Waals surface area contributed by atoms with Crippen LogP contribution >= 0.6 is 11.6 Å². The zero-order valence-corrected chi connectivity index (χ0v) is 23.4. The van der Waals surface area contributed by atoms with E-state index < -0.39 is 15.3 Å². The molecule has 2 N–H and O–H groups in total. The number of halogens is 1. The fourth-order valence-corrected chi connectivity index (χ4v) is 4.85. The molecule has 0 aliphatic carbocycles. The van der Waals surface area contributed by atoms with E-state index in [9.17, 15) is 13.2 Å². The molecule has 0 bridgehead atoms. The summed E-state index contributed by atoms with van der Waals surface area (Å²) in [6.45, 7) is 6.08. The number of hydrogen-bond acceptors (Lipinski definition) is 7. The van der Waals surface area contributed by atoms with Gasteiger partial charge in [-0.1, -0.05) is 26.2 Å². The summed E-state index contributed by atoms with van der Waals surface area (Å²) in [6, 6.07) is 2.17. The average Bonchev–Trinajstić information content (AvgIpc) is 3.29. The number of nitrogens with zero attached hydrogens (tertiary/aromatic N) is 5. The lowest BCUT2D eigenvalue weighted by Gasteiger charge is -2.22. The summed E-state index contributed by atoms with van der Waals surface area (Å²) in [7, 11) is 3.86. The minimum absolute atomic E-state index is 0.233. The van der Waals surface area contributed by atoms with Gasteiger partial charge in [0, 0.05) is 46.3 Å². The van der Waals surface area contributed by atoms with Crippen molar-refractivity contribution in [2.45, 2.75) is 51.7 Å². The van der Waals surface area contributed by atoms with Gasteiger partial charge in [-0.3, -0.25) is 9.80 Å². The summed E-state index contributed by atoms with van der Waals surface area (Å²) in [5.41, 5.74) is 3.03. The summed E-state index contributed by atoms with van der Waals surface area (Å²) in [5.74, 6) is 0. The van der Waals surface area contributed by atoms with E-state index in [2.05, 4.69) is 27.3 Å². The number of anilines is 2. The number of aromatic amines is 1. The van der Waals surface area contributed by atoms with Gasteiger partial charge in [0.2, 0.25) is 16.4 Å². The molecule has 1 amide bonds. The number of pyridine rings is 1. The van der Waals surface area contributed by atoms with Crippen LogP contribution < -0.4 is 10.2 Å². The predicted molar refractivity (Wildman–Crippen MR) is 147 cm³/mol. The molecule has 0 aliphatic heterocycles. The second-order valence-corrected chi connectivity index (χ2v) is 11.1. The van der Waals surface area contributed by atoms with Gasteiger partial charge in [0.25, 0.3) is 0 Å². The number of hydrogen-bond donors (Lipinski definition) is 2. The topological polar surface area (TPSA) is 114 Å². The van der Waals surface area contributed by atoms with E-state index in [1.54, 1.807) is 34.1 Å². The molecule has 0 fully saturated rings. The number of carbonyl (C=O) groups is 1. The molecule has 1 unspecified atom stereocenters. The maximum atomic E-state index is 12.4. The number of H-pyrrole nitrogens is 1. The molecule has 0 saturated carbocycles. The quantitative estimate of drug-likeness (QED) is 0.101. The van der Waals surface area contributed by atoms with E-state index in [-0.39, 0.29) is 6.00 Å². The lowest BCUT2D eigenvalue weighted by molar-refractivity contribution is -0.105. The Hall–Kier alpha value is -2.37. The number of nitrogens with one attached hydrogen (secondary N) is 2. The summed E-state index contributed by atoms with van der Waals surface area (Å²) < 4.78 is 26.2. The molecule has 198 valence electrons. The van der Waals surface area contributed by atoms with Crippen molar-refractivity contribution in [2.75, 3.05) is 51.0 Å². The highest BCUT2D eigenvalue weighted by Crippen LogP contribution is 2.31. The number of carbonyl (C=O) groups excluding carboxylic acids is 1. The monoisotopic (exact) mass is 529 g/mol. The maximum Gasteiger partial charge on any atom is 0.221 e. The predicted octanol–water partition coefficient (Wildman–Crippen LogP) is 3.92. The van der Waals surface area contributed by atoms with Crippen LogP contribution in [0.15, 0.2) is 23.6 Å². The smallest absolute Gasteiger partial charge is 0.221 e. The fraction of sp³-hybridized carbons (Fsp3) is 0.609. The molecule has 2 heterocycles. The SMILES string of the molecule is CCCCCCN(C)S(=O)(=O)C(C)/C(C)=N\N(C)CCl.CN(C)c1c(NC=O)cnc2[nH]ccc12. The molecule has 2 aromatic heterocycles. The van der Waals surface area contributed by atoms with E-state index in [1.807, 2.05) is 31.3 Å². The number of fused-ring (bicyclic) bond motifs is 1. The molecular formula is C23H40ClN7O3S. The van der Waals surface area contributed by atoms with E-state index >= 15 is 0 Å². The van der Waals surface area contributed by atoms with Crippen molar-refractivity contribution in [3.63, 3.8) is 0 Å². The third-order valence-corrected chi connectivity index (χ3v) is 8.15. The van der Waals surface area contributed by atoms with Gasteiger partial charge in [-0.25, -0.2) is 17.7 Å². The van der Waals surface area contributed by atoms with Crippen molar-refractivity contribution in [3.8, 4) is 0 Å². The first-order valence-electron chi connectivity index (χ1n) is 11.6. The zero-order chi connectivity index (χ0) is 26.6. The molecule has 1 atom stereocenters. The highest BCUT2D eigenvalue weighted by molar-refractivity contribution is 7.90. The van der Waals surface area contributed by atoms with Gasteiger partial charge in [-0.2, -0.15) is 5.10 Å².